The molecule has 1 aliphatic heterocycles. The van der Waals surface area contributed by atoms with Crippen molar-refractivity contribution >= 4 is 17.6 Å². The predicted octanol–water partition coefficient (Wildman–Crippen LogP) is 2.73. The fourth-order valence-electron chi connectivity index (χ4n) is 1.92. The molecule has 0 saturated heterocycles. The number of hydrogen-bond donors (Lipinski definition) is 1. The maximum Gasteiger partial charge on any atom is 0.417 e. The van der Waals surface area contributed by atoms with E-state index in [-0.39, 0.29) is 17.9 Å². The molecule has 2 rings (SSSR count). The number of amides is 2. The molecule has 2 amide bonds. The Morgan fingerprint density at radius 3 is 2.40 bits per heavy atom. The van der Waals surface area contributed by atoms with Gasteiger partial charge in [-0.05, 0) is 26.3 Å². The standard InChI is InChI=1S/C15H17NO4/c1-15(2,3)20-14(19)16-9-11(17)12(13(16)18)10-7-5-4-6-8-10/h4-8,17H,9H2,1-3H3. The van der Waals surface area contributed by atoms with Crippen molar-refractivity contribution in [3.05, 3.63) is 41.7 Å². The van der Waals surface area contributed by atoms with Crippen LogP contribution in [0.3, 0.4) is 0 Å². The number of carbonyl (C=O) groups excluding carboxylic acids is 2. The van der Waals surface area contributed by atoms with Gasteiger partial charge in [-0.3, -0.25) is 4.79 Å². The second kappa shape index (κ2) is 5.00. The topological polar surface area (TPSA) is 66.8 Å². The number of rotatable bonds is 1. The molecule has 1 N–H and O–H groups in total. The van der Waals surface area contributed by atoms with Crippen molar-refractivity contribution in [3.8, 4) is 0 Å². The number of aliphatic hydroxyl groups is 1. The summed E-state index contributed by atoms with van der Waals surface area (Å²) in [6, 6.07) is 8.76. The third kappa shape index (κ3) is 2.82. The zero-order valence-electron chi connectivity index (χ0n) is 11.7. The van der Waals surface area contributed by atoms with Gasteiger partial charge in [-0.1, -0.05) is 30.3 Å². The van der Waals surface area contributed by atoms with Gasteiger partial charge in [0.2, 0.25) is 0 Å². The van der Waals surface area contributed by atoms with Crippen LogP contribution in [0.15, 0.2) is 36.1 Å². The normalized spacial score (nSPS) is 15.8. The minimum atomic E-state index is -0.750. The smallest absolute Gasteiger partial charge is 0.417 e. The SMILES string of the molecule is CC(C)(C)OC(=O)N1CC(O)=C(c2ccccc2)C1=O. The molecule has 0 aliphatic carbocycles. The van der Waals surface area contributed by atoms with E-state index in [0.717, 1.165) is 4.90 Å². The van der Waals surface area contributed by atoms with Crippen LogP contribution in [0.5, 0.6) is 0 Å². The minimum absolute atomic E-state index is 0.118. The second-order valence-electron chi connectivity index (χ2n) is 5.56. The molecule has 1 aliphatic rings. The van der Waals surface area contributed by atoms with Crippen molar-refractivity contribution in [2.75, 3.05) is 6.54 Å². The van der Waals surface area contributed by atoms with Gasteiger partial charge in [-0.15, -0.1) is 0 Å². The van der Waals surface area contributed by atoms with Gasteiger partial charge in [0.15, 0.2) is 0 Å². The molecule has 5 nitrogen and oxygen atoms in total. The number of hydrogen-bond acceptors (Lipinski definition) is 4. The number of imide groups is 1. The van der Waals surface area contributed by atoms with Crippen LogP contribution in [0, 0.1) is 0 Å². The molecule has 0 spiro atoms. The summed E-state index contributed by atoms with van der Waals surface area (Å²) in [5, 5.41) is 9.94. The van der Waals surface area contributed by atoms with E-state index in [1.807, 2.05) is 6.07 Å². The summed E-state index contributed by atoms with van der Waals surface area (Å²) in [7, 11) is 0. The quantitative estimate of drug-likeness (QED) is 0.855. The highest BCUT2D eigenvalue weighted by molar-refractivity contribution is 6.25. The first-order chi connectivity index (χ1) is 9.29. The molecular formula is C15H17NO4. The lowest BCUT2D eigenvalue weighted by Gasteiger charge is -2.23. The van der Waals surface area contributed by atoms with Crippen LogP contribution in [0.4, 0.5) is 4.79 Å². The van der Waals surface area contributed by atoms with E-state index < -0.39 is 17.6 Å². The molecule has 1 aromatic rings. The van der Waals surface area contributed by atoms with E-state index >= 15 is 0 Å². The summed E-state index contributed by atoms with van der Waals surface area (Å²) >= 11 is 0. The Morgan fingerprint density at radius 2 is 1.85 bits per heavy atom. The van der Waals surface area contributed by atoms with Gasteiger partial charge < -0.3 is 9.84 Å². The van der Waals surface area contributed by atoms with Crippen LogP contribution in [-0.2, 0) is 9.53 Å². The molecule has 0 fully saturated rings. The van der Waals surface area contributed by atoms with Gasteiger partial charge >= 0.3 is 6.09 Å². The maximum absolute atomic E-state index is 12.3. The van der Waals surface area contributed by atoms with Gasteiger partial charge in [-0.2, -0.15) is 0 Å². The zero-order chi connectivity index (χ0) is 14.9. The highest BCUT2D eigenvalue weighted by Crippen LogP contribution is 2.27. The molecule has 0 atom stereocenters. The summed E-state index contributed by atoms with van der Waals surface area (Å²) in [6.45, 7) is 5.00. The molecule has 0 saturated carbocycles. The lowest BCUT2D eigenvalue weighted by Crippen LogP contribution is -2.38. The van der Waals surface area contributed by atoms with Crippen molar-refractivity contribution in [1.29, 1.82) is 0 Å². The van der Waals surface area contributed by atoms with E-state index in [0.29, 0.717) is 5.56 Å². The number of aliphatic hydroxyl groups excluding tert-OH is 1. The van der Waals surface area contributed by atoms with E-state index in [4.69, 9.17) is 4.74 Å². The molecule has 1 aromatic carbocycles. The fourth-order valence-corrected chi connectivity index (χ4v) is 1.92. The summed E-state index contributed by atoms with van der Waals surface area (Å²) < 4.78 is 5.15. The van der Waals surface area contributed by atoms with Gasteiger partial charge in [-0.25, -0.2) is 9.69 Å². The number of carbonyl (C=O) groups is 2. The second-order valence-corrected chi connectivity index (χ2v) is 5.56. The lowest BCUT2D eigenvalue weighted by molar-refractivity contribution is -0.123. The van der Waals surface area contributed by atoms with Crippen molar-refractivity contribution in [3.63, 3.8) is 0 Å². The van der Waals surface area contributed by atoms with Crippen LogP contribution in [0.25, 0.3) is 5.57 Å². The van der Waals surface area contributed by atoms with Crippen molar-refractivity contribution < 1.29 is 19.4 Å². The molecule has 0 aromatic heterocycles. The third-order valence-corrected chi connectivity index (χ3v) is 2.73. The van der Waals surface area contributed by atoms with Gasteiger partial charge in [0.05, 0.1) is 12.1 Å². The van der Waals surface area contributed by atoms with Crippen molar-refractivity contribution in [2.24, 2.45) is 0 Å². The van der Waals surface area contributed by atoms with Gasteiger partial charge in [0.25, 0.3) is 5.91 Å². The molecule has 1 heterocycles. The monoisotopic (exact) mass is 275 g/mol. The molecular weight excluding hydrogens is 258 g/mol. The Labute approximate surface area is 117 Å². The Hall–Kier alpha value is -2.30. The highest BCUT2D eigenvalue weighted by atomic mass is 16.6. The van der Waals surface area contributed by atoms with E-state index in [2.05, 4.69) is 0 Å². The summed E-state index contributed by atoms with van der Waals surface area (Å²) in [5.74, 6) is -0.657. The largest absolute Gasteiger partial charge is 0.510 e. The highest BCUT2D eigenvalue weighted by Gasteiger charge is 2.37. The fraction of sp³-hybridized carbons (Fsp3) is 0.333. The third-order valence-electron chi connectivity index (χ3n) is 2.73. The van der Waals surface area contributed by atoms with E-state index in [9.17, 15) is 14.7 Å². The lowest BCUT2D eigenvalue weighted by atomic mass is 10.1. The van der Waals surface area contributed by atoms with E-state index in [1.165, 1.54) is 0 Å². The summed E-state index contributed by atoms with van der Waals surface area (Å²) in [4.78, 5) is 25.1. The molecule has 0 bridgehead atoms. The maximum atomic E-state index is 12.3. The average Bonchev–Trinajstić information content (AvgIpc) is 2.64. The Bertz CT molecular complexity index is 569. The van der Waals surface area contributed by atoms with Crippen molar-refractivity contribution in [1.82, 2.24) is 4.90 Å². The van der Waals surface area contributed by atoms with Crippen LogP contribution in [0.2, 0.25) is 0 Å². The van der Waals surface area contributed by atoms with Crippen LogP contribution in [-0.4, -0.2) is 34.2 Å². The molecule has 0 unspecified atom stereocenters. The minimum Gasteiger partial charge on any atom is -0.510 e. The number of benzene rings is 1. The van der Waals surface area contributed by atoms with Crippen LogP contribution < -0.4 is 0 Å². The average molecular weight is 275 g/mol. The summed E-state index contributed by atoms with van der Waals surface area (Å²) in [6.07, 6.45) is -0.750. The first-order valence-corrected chi connectivity index (χ1v) is 6.32. The van der Waals surface area contributed by atoms with Crippen LogP contribution in [0.1, 0.15) is 26.3 Å². The Morgan fingerprint density at radius 1 is 1.25 bits per heavy atom. The van der Waals surface area contributed by atoms with Gasteiger partial charge in [0.1, 0.15) is 11.4 Å². The first-order valence-electron chi connectivity index (χ1n) is 6.32. The Balaban J connectivity index is 2.22. The molecule has 20 heavy (non-hydrogen) atoms. The summed E-state index contributed by atoms with van der Waals surface area (Å²) in [5.41, 5.74) is 0.0418. The molecule has 106 valence electrons. The van der Waals surface area contributed by atoms with E-state index in [1.54, 1.807) is 45.0 Å². The number of ether oxygens (including phenoxy) is 1. The predicted molar refractivity (Wildman–Crippen MR) is 73.9 cm³/mol. The van der Waals surface area contributed by atoms with Gasteiger partial charge in [0, 0.05) is 0 Å². The number of nitrogens with zero attached hydrogens (tertiary/aromatic N) is 1. The molecule has 5 heteroatoms. The van der Waals surface area contributed by atoms with Crippen molar-refractivity contribution in [2.45, 2.75) is 26.4 Å². The zero-order valence-corrected chi connectivity index (χ0v) is 11.7. The molecule has 0 radical (unpaired) electrons. The van der Waals surface area contributed by atoms with Crippen LogP contribution >= 0.6 is 0 Å². The first kappa shape index (κ1) is 14.1. The Kier molecular flexibility index (Phi) is 3.53.